The summed E-state index contributed by atoms with van der Waals surface area (Å²) in [5.74, 6) is -6.27. The maximum atomic E-state index is 14.5. The molecule has 272 valence electrons. The summed E-state index contributed by atoms with van der Waals surface area (Å²) < 4.78 is 19.0. The summed E-state index contributed by atoms with van der Waals surface area (Å²) >= 11 is 2.11. The van der Waals surface area contributed by atoms with Crippen molar-refractivity contribution in [3.8, 4) is 11.5 Å². The number of fused-ring (bicyclic) bond motifs is 3. The number of aliphatic carboxylic acids is 1. The number of nitrogens with zero attached hydrogens (tertiary/aromatic N) is 5. The molecule has 4 aliphatic rings. The number of halogens is 1. The van der Waals surface area contributed by atoms with Crippen LogP contribution in [0, 0.1) is 5.82 Å². The van der Waals surface area contributed by atoms with Gasteiger partial charge in [-0.3, -0.25) is 24.1 Å². The summed E-state index contributed by atoms with van der Waals surface area (Å²) in [6.45, 7) is 3.19. The number of amides is 3. The lowest BCUT2D eigenvalue weighted by Gasteiger charge is -2.52. The lowest BCUT2D eigenvalue weighted by Crippen LogP contribution is -2.71. The van der Waals surface area contributed by atoms with Crippen LogP contribution in [0.1, 0.15) is 55.7 Å². The highest BCUT2D eigenvalue weighted by Crippen LogP contribution is 2.46. The number of benzene rings is 1. The zero-order chi connectivity index (χ0) is 37.0. The topological polar surface area (TPSA) is 247 Å². The number of hydrogen-bond acceptors (Lipinski definition) is 14. The van der Waals surface area contributed by atoms with E-state index in [1.807, 2.05) is 7.05 Å². The monoisotopic (exact) mass is 747 g/mol. The predicted octanol–water partition coefficient (Wildman–Crippen LogP) is 0.677. The minimum Gasteiger partial charge on any atom is -0.504 e. The first-order valence-electron chi connectivity index (χ1n) is 15.9. The summed E-state index contributed by atoms with van der Waals surface area (Å²) in [5.41, 5.74) is 3.93. The van der Waals surface area contributed by atoms with E-state index < -0.39 is 63.7 Å². The van der Waals surface area contributed by atoms with E-state index in [2.05, 4.69) is 25.1 Å². The van der Waals surface area contributed by atoms with Crippen LogP contribution in [0.2, 0.25) is 0 Å². The number of aldehydes is 1. The number of carboxylic acids is 1. The number of carboxylic acid groups (broad SMARTS) is 1. The van der Waals surface area contributed by atoms with Crippen molar-refractivity contribution >= 4 is 64.1 Å². The Bertz CT molecular complexity index is 1870. The second-order valence-electron chi connectivity index (χ2n) is 13.7. The third-order valence-corrected chi connectivity index (χ3v) is 11.8. The lowest BCUT2D eigenvalue weighted by molar-refractivity contribution is -0.944. The minimum atomic E-state index is -1.38. The second-order valence-corrected chi connectivity index (χ2v) is 15.5. The smallest absolute Gasteiger partial charge is 0.352 e. The number of likely N-dealkylation sites (N-methyl/N-ethyl adjacent to an activating group) is 1. The summed E-state index contributed by atoms with van der Waals surface area (Å²) in [7, 11) is 2.04. The predicted molar refractivity (Wildman–Crippen MR) is 180 cm³/mol. The molecule has 1 aromatic carbocycles. The number of nitrogens with one attached hydrogen (secondary N) is 2. The number of β-lactam (4-membered cyclic amide) rings is 1. The number of piperidine rings is 1. The van der Waals surface area contributed by atoms with Crippen LogP contribution >= 0.6 is 23.3 Å². The van der Waals surface area contributed by atoms with Gasteiger partial charge in [0.05, 0.1) is 24.7 Å². The molecule has 51 heavy (non-hydrogen) atoms. The second kappa shape index (κ2) is 13.4. The average Bonchev–Trinajstić information content (AvgIpc) is 3.54. The number of rotatable bonds is 11. The Hall–Kier alpha value is -4.82. The van der Waals surface area contributed by atoms with Crippen LogP contribution in [0.15, 0.2) is 28.6 Å². The Morgan fingerprint density at radius 1 is 1.22 bits per heavy atom. The highest BCUT2D eigenvalue weighted by atomic mass is 32.2. The van der Waals surface area contributed by atoms with Gasteiger partial charge in [0.25, 0.3) is 17.7 Å². The van der Waals surface area contributed by atoms with Crippen molar-refractivity contribution in [1.82, 2.24) is 24.9 Å². The molecule has 0 spiro atoms. The number of nitrogen functional groups attached to an aromatic ring is 1. The molecule has 3 saturated heterocycles. The van der Waals surface area contributed by atoms with Gasteiger partial charge in [0.1, 0.15) is 23.7 Å². The van der Waals surface area contributed by atoms with Crippen LogP contribution < -0.4 is 16.4 Å². The first-order chi connectivity index (χ1) is 24.0. The Morgan fingerprint density at radius 2 is 1.90 bits per heavy atom. The van der Waals surface area contributed by atoms with Gasteiger partial charge >= 0.3 is 5.97 Å². The van der Waals surface area contributed by atoms with E-state index in [4.69, 9.17) is 10.6 Å². The summed E-state index contributed by atoms with van der Waals surface area (Å²) in [5, 5.41) is 38.1. The van der Waals surface area contributed by atoms with Gasteiger partial charge in [-0.1, -0.05) is 5.16 Å². The molecular weight excluding hydrogens is 712 g/mol. The van der Waals surface area contributed by atoms with E-state index in [9.17, 15) is 43.7 Å². The van der Waals surface area contributed by atoms with E-state index >= 15 is 0 Å². The maximum Gasteiger partial charge on any atom is 0.352 e. The van der Waals surface area contributed by atoms with Gasteiger partial charge < -0.3 is 41.0 Å². The normalized spacial score (nSPS) is 27.4. The maximum absolute atomic E-state index is 14.5. The third kappa shape index (κ3) is 6.58. The fourth-order valence-electron chi connectivity index (χ4n) is 7.24. The first-order valence-corrected chi connectivity index (χ1v) is 17.8. The van der Waals surface area contributed by atoms with Gasteiger partial charge in [-0.25, -0.2) is 9.18 Å². The molecule has 7 N–H and O–H groups in total. The van der Waals surface area contributed by atoms with Gasteiger partial charge in [-0.15, -0.1) is 11.8 Å². The van der Waals surface area contributed by atoms with Crippen LogP contribution in [0.5, 0.6) is 11.5 Å². The van der Waals surface area contributed by atoms with Crippen LogP contribution in [-0.4, -0.2) is 124 Å². The summed E-state index contributed by atoms with van der Waals surface area (Å²) in [6, 6.07) is 0.822. The van der Waals surface area contributed by atoms with Crippen molar-refractivity contribution in [1.29, 1.82) is 0 Å². The summed E-state index contributed by atoms with van der Waals surface area (Å²) in [6.07, 6.45) is 3.22. The lowest BCUT2D eigenvalue weighted by atomic mass is 9.92. The molecule has 6 atom stereocenters. The number of nitrogens with two attached hydrogens (primary N) is 1. The number of carbonyl (C=O) groups excluding carboxylic acids is 4. The van der Waals surface area contributed by atoms with Crippen molar-refractivity contribution < 1.29 is 53.0 Å². The molecule has 3 fully saturated rings. The third-order valence-electron chi connectivity index (χ3n) is 9.88. The molecule has 2 unspecified atom stereocenters. The average molecular weight is 748 g/mol. The van der Waals surface area contributed by atoms with Crippen LogP contribution in [0.25, 0.3) is 0 Å². The van der Waals surface area contributed by atoms with Crippen LogP contribution in [-0.2, 0) is 24.0 Å². The molecule has 2 aromatic rings. The van der Waals surface area contributed by atoms with Gasteiger partial charge in [0.2, 0.25) is 11.5 Å². The number of aromatic hydroxyl groups is 2. The molecule has 0 saturated carbocycles. The Labute approximate surface area is 298 Å². The number of aromatic nitrogens is 2. The van der Waals surface area contributed by atoms with Gasteiger partial charge in [-0.2, -0.15) is 9.36 Å². The van der Waals surface area contributed by atoms with Crippen molar-refractivity contribution in [3.63, 3.8) is 0 Å². The largest absolute Gasteiger partial charge is 0.504 e. The molecule has 20 heteroatoms. The Morgan fingerprint density at radius 3 is 2.51 bits per heavy atom. The zero-order valence-electron chi connectivity index (χ0n) is 27.7. The molecule has 17 nitrogen and oxygen atoms in total. The fourth-order valence-corrected chi connectivity index (χ4v) is 9.01. The number of phenols is 2. The number of hydrogen-bond donors (Lipinski definition) is 6. The van der Waals surface area contributed by atoms with Crippen molar-refractivity contribution in [2.24, 2.45) is 5.16 Å². The van der Waals surface area contributed by atoms with Gasteiger partial charge in [-0.05, 0) is 26.0 Å². The number of carbonyl (C=O) groups is 5. The van der Waals surface area contributed by atoms with E-state index in [-0.39, 0.29) is 46.1 Å². The van der Waals surface area contributed by atoms with Crippen molar-refractivity contribution in [2.45, 2.75) is 74.7 Å². The molecule has 3 amide bonds. The van der Waals surface area contributed by atoms with E-state index in [1.165, 1.54) is 30.5 Å². The molecule has 5 heterocycles. The highest BCUT2D eigenvalue weighted by Gasteiger charge is 2.57. The number of oxime groups is 1. The fraction of sp³-hybridized carbons (Fsp3) is 0.484. The number of quaternary nitrogens is 1. The highest BCUT2D eigenvalue weighted by molar-refractivity contribution is 8.00. The quantitative estimate of drug-likeness (QED) is 0.0463. The number of thioether (sulfide) groups is 1. The number of anilines is 1. The molecule has 2 bridgehead atoms. The Balaban J connectivity index is 1.15. The SMILES string of the molecule is CC(C)(C=O)O/N=C(\C(=O)N[C@@H]1C(=O)N2C(C(=O)O)=C(C[N+]3(C)[C@@H]4CC[C@H]3CC(NC(=O)c3ccc(O)c(O)c3F)C4)CS[C@H]12)c1nsc(N)n1. The van der Waals surface area contributed by atoms with Crippen LogP contribution in [0.3, 0.4) is 0 Å². The van der Waals surface area contributed by atoms with Crippen molar-refractivity contribution in [2.75, 3.05) is 25.1 Å². The van der Waals surface area contributed by atoms with Gasteiger partial charge in [0, 0.05) is 54.6 Å². The standard InChI is InChI=1S/C31H35FN8O9S2/c1-31(2,12-41)49-37-20(24-36-30(33)51-38-24)26(45)35-21-27(46)39-22(29(47)48)13(11-50-28(21)39)10-40(3)15-4-5-16(40)9-14(8-15)34-25(44)17-6-7-18(42)23(43)19(17)32/h6-7,12,14-16,21,28H,4-5,8-11H2,1-3H3,(H6-,33,34,35,36,37,38,42,43,44,45,47,48)/p+1/t14?,15-,16+,21-,28-,40?/m1/s1. The number of phenolic OH excluding ortho intramolecular Hbond substituents is 2. The molecule has 6 rings (SSSR count). The van der Waals surface area contributed by atoms with Crippen LogP contribution in [0.4, 0.5) is 9.52 Å². The molecule has 4 aliphatic heterocycles. The van der Waals surface area contributed by atoms with E-state index in [1.54, 1.807) is 0 Å². The minimum absolute atomic E-state index is 0.0361. The van der Waals surface area contributed by atoms with E-state index in [0.717, 1.165) is 36.5 Å². The molecule has 0 radical (unpaired) electrons. The van der Waals surface area contributed by atoms with Gasteiger partial charge in [0.15, 0.2) is 34.3 Å². The zero-order valence-corrected chi connectivity index (χ0v) is 29.3. The Kier molecular flexibility index (Phi) is 9.44. The summed E-state index contributed by atoms with van der Waals surface area (Å²) in [4.78, 5) is 74.1. The molecule has 1 aromatic heterocycles. The molecule has 0 aliphatic carbocycles. The first kappa shape index (κ1) is 36.0. The molecular formula is C31H36FN8O9S2+. The van der Waals surface area contributed by atoms with E-state index in [0.29, 0.717) is 35.7 Å². The van der Waals surface area contributed by atoms with Crippen molar-refractivity contribution in [3.05, 3.63) is 40.6 Å².